The number of carbonyl (C=O) groups is 3. The highest BCUT2D eigenvalue weighted by molar-refractivity contribution is 7.99. The van der Waals surface area contributed by atoms with Gasteiger partial charge in [0.25, 0.3) is 5.91 Å². The molecule has 0 unspecified atom stereocenters. The molecule has 0 radical (unpaired) electrons. The lowest BCUT2D eigenvalue weighted by atomic mass is 10.1. The van der Waals surface area contributed by atoms with E-state index in [1.54, 1.807) is 18.2 Å². The van der Waals surface area contributed by atoms with E-state index < -0.39 is 5.91 Å². The first-order valence-corrected chi connectivity index (χ1v) is 11.0. The lowest BCUT2D eigenvalue weighted by Gasteiger charge is -2.18. The van der Waals surface area contributed by atoms with E-state index in [1.807, 2.05) is 4.57 Å². The normalized spacial score (nSPS) is 17.7. The highest BCUT2D eigenvalue weighted by Crippen LogP contribution is 2.29. The Morgan fingerprint density at radius 3 is 2.97 bits per heavy atom. The van der Waals surface area contributed by atoms with Gasteiger partial charge in [-0.05, 0) is 31.0 Å². The van der Waals surface area contributed by atoms with E-state index in [9.17, 15) is 14.4 Å². The largest absolute Gasteiger partial charge is 0.482 e. The zero-order valence-corrected chi connectivity index (χ0v) is 17.7. The van der Waals surface area contributed by atoms with E-state index in [2.05, 4.69) is 15.5 Å². The Kier molecular flexibility index (Phi) is 6.52. The summed E-state index contributed by atoms with van der Waals surface area (Å²) in [6.45, 7) is 1.26. The first-order valence-electron chi connectivity index (χ1n) is 10.0. The molecule has 2 amide bonds. The van der Waals surface area contributed by atoms with Crippen molar-refractivity contribution < 1.29 is 23.9 Å². The highest BCUT2D eigenvalue weighted by atomic mass is 32.2. The minimum absolute atomic E-state index is 0.0331. The Balaban J connectivity index is 1.45. The van der Waals surface area contributed by atoms with E-state index >= 15 is 0 Å². The number of aryl methyl sites for hydroxylation is 1. The van der Waals surface area contributed by atoms with Crippen LogP contribution in [0.3, 0.4) is 0 Å². The molecule has 2 aromatic rings. The number of hydrogen-bond donors (Lipinski definition) is 2. The van der Waals surface area contributed by atoms with Crippen molar-refractivity contribution in [3.63, 3.8) is 0 Å². The SMILES string of the molecule is NC(=O)CCc1nnc(SCC(=O)c2ccc3c(c2)NC(=O)CO3)n1C[C@H]1CCCO1. The van der Waals surface area contributed by atoms with Gasteiger partial charge < -0.3 is 25.1 Å². The Hall–Kier alpha value is -2.92. The summed E-state index contributed by atoms with van der Waals surface area (Å²) in [5.41, 5.74) is 6.23. The molecule has 4 rings (SSSR count). The Morgan fingerprint density at radius 1 is 1.32 bits per heavy atom. The molecule has 3 N–H and O–H groups in total. The number of anilines is 1. The van der Waals surface area contributed by atoms with Crippen molar-refractivity contribution in [2.75, 3.05) is 24.3 Å². The van der Waals surface area contributed by atoms with Crippen molar-refractivity contribution in [1.82, 2.24) is 14.8 Å². The molecule has 1 fully saturated rings. The van der Waals surface area contributed by atoms with Crippen LogP contribution in [-0.4, -0.2) is 57.4 Å². The average Bonchev–Trinajstić information content (AvgIpc) is 3.40. The number of ether oxygens (including phenoxy) is 2. The van der Waals surface area contributed by atoms with Crippen LogP contribution in [0.5, 0.6) is 5.75 Å². The van der Waals surface area contributed by atoms with E-state index in [1.165, 1.54) is 11.8 Å². The number of nitrogens with one attached hydrogen (secondary N) is 1. The van der Waals surface area contributed by atoms with Crippen LogP contribution in [0.1, 0.15) is 35.4 Å². The number of ketones is 1. The van der Waals surface area contributed by atoms with Crippen molar-refractivity contribution in [3.8, 4) is 5.75 Å². The van der Waals surface area contributed by atoms with Gasteiger partial charge in [0.2, 0.25) is 5.91 Å². The number of primary amides is 1. The number of hydrogen-bond acceptors (Lipinski definition) is 8. The summed E-state index contributed by atoms with van der Waals surface area (Å²) in [6.07, 6.45) is 2.56. The molecule has 1 atom stereocenters. The van der Waals surface area contributed by atoms with E-state index in [0.29, 0.717) is 40.9 Å². The number of nitrogens with zero attached hydrogens (tertiary/aromatic N) is 3. The summed E-state index contributed by atoms with van der Waals surface area (Å²) in [6, 6.07) is 4.97. The summed E-state index contributed by atoms with van der Waals surface area (Å²) in [5.74, 6) is 0.569. The summed E-state index contributed by atoms with van der Waals surface area (Å²) in [7, 11) is 0. The first kappa shape index (κ1) is 21.3. The summed E-state index contributed by atoms with van der Waals surface area (Å²) in [4.78, 5) is 35.4. The van der Waals surface area contributed by atoms with Gasteiger partial charge in [-0.1, -0.05) is 11.8 Å². The second-order valence-electron chi connectivity index (χ2n) is 7.37. The maximum absolute atomic E-state index is 12.7. The number of benzene rings is 1. The first-order chi connectivity index (χ1) is 15.0. The molecule has 11 heteroatoms. The molecule has 10 nitrogen and oxygen atoms in total. The average molecular weight is 446 g/mol. The van der Waals surface area contributed by atoms with Crippen LogP contribution in [0.4, 0.5) is 5.69 Å². The molecule has 164 valence electrons. The number of fused-ring (bicyclic) bond motifs is 1. The second kappa shape index (κ2) is 9.48. The maximum Gasteiger partial charge on any atom is 0.262 e. The van der Waals surface area contributed by atoms with Crippen LogP contribution in [0, 0.1) is 0 Å². The molecular weight excluding hydrogens is 422 g/mol. The van der Waals surface area contributed by atoms with Crippen LogP contribution >= 0.6 is 11.8 Å². The minimum Gasteiger partial charge on any atom is -0.482 e. The minimum atomic E-state index is -0.403. The quantitative estimate of drug-likeness (QED) is 0.433. The smallest absolute Gasteiger partial charge is 0.262 e. The van der Waals surface area contributed by atoms with Gasteiger partial charge in [0.1, 0.15) is 11.6 Å². The molecule has 1 saturated heterocycles. The molecule has 2 aliphatic heterocycles. The zero-order valence-electron chi connectivity index (χ0n) is 16.8. The fourth-order valence-electron chi connectivity index (χ4n) is 3.49. The molecular formula is C20H23N5O5S. The van der Waals surface area contributed by atoms with Gasteiger partial charge in [0.05, 0.1) is 24.1 Å². The molecule has 31 heavy (non-hydrogen) atoms. The summed E-state index contributed by atoms with van der Waals surface area (Å²) in [5, 5.41) is 11.7. The lowest BCUT2D eigenvalue weighted by molar-refractivity contribution is -0.119. The van der Waals surface area contributed by atoms with Crippen LogP contribution in [0.25, 0.3) is 0 Å². The van der Waals surface area contributed by atoms with Crippen molar-refractivity contribution in [3.05, 3.63) is 29.6 Å². The number of nitrogens with two attached hydrogens (primary N) is 1. The van der Waals surface area contributed by atoms with Gasteiger partial charge >= 0.3 is 0 Å². The standard InChI is InChI=1S/C20H23N5O5S/c21-17(27)5-6-18-23-24-20(25(18)9-13-2-1-7-29-13)31-11-15(26)12-3-4-16-14(8-12)22-19(28)10-30-16/h3-4,8,13H,1-2,5-7,9-11H2,(H2,21,27)(H,22,28)/t13-/m1/s1. The van der Waals surface area contributed by atoms with Crippen LogP contribution in [0.15, 0.2) is 23.4 Å². The van der Waals surface area contributed by atoms with Gasteiger partial charge in [-0.15, -0.1) is 10.2 Å². The van der Waals surface area contributed by atoms with E-state index in [0.717, 1.165) is 19.4 Å². The summed E-state index contributed by atoms with van der Waals surface area (Å²) < 4.78 is 13.0. The van der Waals surface area contributed by atoms with Crippen LogP contribution in [0.2, 0.25) is 0 Å². The molecule has 1 aromatic carbocycles. The van der Waals surface area contributed by atoms with Gasteiger partial charge in [0, 0.05) is 25.0 Å². The summed E-state index contributed by atoms with van der Waals surface area (Å²) >= 11 is 1.28. The molecule has 3 heterocycles. The van der Waals surface area contributed by atoms with Gasteiger partial charge in [-0.25, -0.2) is 0 Å². The number of carbonyl (C=O) groups excluding carboxylic acids is 3. The molecule has 0 spiro atoms. The van der Waals surface area contributed by atoms with Gasteiger partial charge in [-0.2, -0.15) is 0 Å². The van der Waals surface area contributed by atoms with Gasteiger partial charge in [-0.3, -0.25) is 14.4 Å². The number of thioether (sulfide) groups is 1. The number of rotatable bonds is 9. The highest BCUT2D eigenvalue weighted by Gasteiger charge is 2.23. The fraction of sp³-hybridized carbons (Fsp3) is 0.450. The fourth-order valence-corrected chi connectivity index (χ4v) is 4.35. The van der Waals surface area contributed by atoms with Crippen molar-refractivity contribution in [2.24, 2.45) is 5.73 Å². The van der Waals surface area contributed by atoms with Crippen LogP contribution in [-0.2, 0) is 27.3 Å². The Bertz CT molecular complexity index is 1000. The monoisotopic (exact) mass is 445 g/mol. The number of amides is 2. The van der Waals surface area contributed by atoms with Gasteiger partial charge in [0.15, 0.2) is 17.5 Å². The van der Waals surface area contributed by atoms with Crippen molar-refractivity contribution >= 4 is 35.0 Å². The van der Waals surface area contributed by atoms with Crippen molar-refractivity contribution in [2.45, 2.75) is 43.5 Å². The van der Waals surface area contributed by atoms with E-state index in [4.69, 9.17) is 15.2 Å². The molecule has 0 aliphatic carbocycles. The third-order valence-electron chi connectivity index (χ3n) is 5.07. The Morgan fingerprint density at radius 2 is 2.19 bits per heavy atom. The number of Topliss-reactive ketones (excluding diaryl/α,β-unsaturated/α-hetero) is 1. The van der Waals surface area contributed by atoms with Crippen molar-refractivity contribution in [1.29, 1.82) is 0 Å². The predicted octanol–water partition coefficient (Wildman–Crippen LogP) is 1.18. The number of aromatic nitrogens is 3. The lowest BCUT2D eigenvalue weighted by Crippen LogP contribution is -2.25. The topological polar surface area (TPSA) is 138 Å². The molecule has 2 aliphatic rings. The molecule has 1 aromatic heterocycles. The predicted molar refractivity (Wildman–Crippen MR) is 112 cm³/mol. The van der Waals surface area contributed by atoms with E-state index in [-0.39, 0.29) is 36.6 Å². The molecule has 0 bridgehead atoms. The maximum atomic E-state index is 12.7. The third kappa shape index (κ3) is 5.23. The molecule has 0 saturated carbocycles. The van der Waals surface area contributed by atoms with Crippen LogP contribution < -0.4 is 15.8 Å². The second-order valence-corrected chi connectivity index (χ2v) is 8.31. The Labute approximate surface area is 182 Å². The third-order valence-corrected chi connectivity index (χ3v) is 6.03. The zero-order chi connectivity index (χ0) is 21.8.